The molecule has 0 atom stereocenters. The zero-order chi connectivity index (χ0) is 19.6. The molecule has 0 saturated heterocycles. The lowest BCUT2D eigenvalue weighted by atomic mass is 9.98. The second kappa shape index (κ2) is 7.70. The predicted octanol–water partition coefficient (Wildman–Crippen LogP) is 2.34. The summed E-state index contributed by atoms with van der Waals surface area (Å²) in [7, 11) is 5.23. The summed E-state index contributed by atoms with van der Waals surface area (Å²) < 4.78 is 5.23. The molecule has 0 bridgehead atoms. The van der Waals surface area contributed by atoms with E-state index in [1.54, 1.807) is 42.2 Å². The summed E-state index contributed by atoms with van der Waals surface area (Å²) in [5, 5.41) is 9.49. The number of phenolic OH excluding ortho intramolecular Hbond substituents is 1. The Kier molecular flexibility index (Phi) is 5.35. The van der Waals surface area contributed by atoms with Crippen LogP contribution in [-0.4, -0.2) is 61.0 Å². The third kappa shape index (κ3) is 3.60. The van der Waals surface area contributed by atoms with E-state index >= 15 is 0 Å². The highest BCUT2D eigenvalue weighted by molar-refractivity contribution is 5.97. The minimum absolute atomic E-state index is 0.00264. The van der Waals surface area contributed by atoms with E-state index in [0.717, 1.165) is 41.8 Å². The summed E-state index contributed by atoms with van der Waals surface area (Å²) in [4.78, 5) is 26.7. The number of likely N-dealkylation sites (N-methyl/N-ethyl adjacent to an activating group) is 2. The maximum absolute atomic E-state index is 11.8. The number of nitrogens with zero attached hydrogens (tertiary/aromatic N) is 2. The Morgan fingerprint density at radius 3 is 1.96 bits per heavy atom. The fourth-order valence-electron chi connectivity index (χ4n) is 3.43. The molecular formula is C21H24N2O4. The van der Waals surface area contributed by atoms with E-state index in [0.29, 0.717) is 12.1 Å². The van der Waals surface area contributed by atoms with Gasteiger partial charge in [0.25, 0.3) is 11.8 Å². The topological polar surface area (TPSA) is 70.1 Å². The van der Waals surface area contributed by atoms with Crippen molar-refractivity contribution in [2.75, 3.05) is 34.3 Å². The van der Waals surface area contributed by atoms with Gasteiger partial charge in [0, 0.05) is 49.4 Å². The van der Waals surface area contributed by atoms with Crippen molar-refractivity contribution in [1.29, 1.82) is 0 Å². The van der Waals surface area contributed by atoms with Gasteiger partial charge in [0.05, 0.1) is 7.11 Å². The Hall–Kier alpha value is -3.02. The van der Waals surface area contributed by atoms with Crippen LogP contribution in [0.15, 0.2) is 36.4 Å². The number of ether oxygens (including phenoxy) is 1. The summed E-state index contributed by atoms with van der Waals surface area (Å²) in [6.07, 6.45) is 1.62. The SMILES string of the molecule is CN1CCc2c(O)cccc2C1=O.COc1cccc2c1CCN(C)C2=O. The number of hydrogen-bond donors (Lipinski definition) is 1. The van der Waals surface area contributed by atoms with Crippen LogP contribution in [-0.2, 0) is 12.8 Å². The van der Waals surface area contributed by atoms with E-state index in [1.165, 1.54) is 0 Å². The van der Waals surface area contributed by atoms with Crippen LogP contribution in [0, 0.1) is 0 Å². The van der Waals surface area contributed by atoms with Gasteiger partial charge in [0.15, 0.2) is 0 Å². The predicted molar refractivity (Wildman–Crippen MR) is 102 cm³/mol. The van der Waals surface area contributed by atoms with Crippen molar-refractivity contribution >= 4 is 11.8 Å². The number of aromatic hydroxyl groups is 1. The van der Waals surface area contributed by atoms with Gasteiger partial charge in [-0.3, -0.25) is 9.59 Å². The zero-order valence-electron chi connectivity index (χ0n) is 15.9. The van der Waals surface area contributed by atoms with Crippen molar-refractivity contribution in [2.45, 2.75) is 12.8 Å². The molecule has 27 heavy (non-hydrogen) atoms. The highest BCUT2D eigenvalue weighted by atomic mass is 16.5. The van der Waals surface area contributed by atoms with Crippen LogP contribution in [0.4, 0.5) is 0 Å². The van der Waals surface area contributed by atoms with Crippen LogP contribution >= 0.6 is 0 Å². The van der Waals surface area contributed by atoms with Crippen molar-refractivity contribution < 1.29 is 19.4 Å². The van der Waals surface area contributed by atoms with E-state index in [1.807, 2.05) is 25.2 Å². The number of hydrogen-bond acceptors (Lipinski definition) is 4. The first-order valence-corrected chi connectivity index (χ1v) is 8.91. The summed E-state index contributed by atoms with van der Waals surface area (Å²) in [5.74, 6) is 1.14. The zero-order valence-corrected chi connectivity index (χ0v) is 15.9. The lowest BCUT2D eigenvalue weighted by molar-refractivity contribution is 0.0772. The van der Waals surface area contributed by atoms with Gasteiger partial charge in [0.1, 0.15) is 11.5 Å². The molecule has 0 radical (unpaired) electrons. The number of carbonyl (C=O) groups excluding carboxylic acids is 2. The molecule has 0 aromatic heterocycles. The van der Waals surface area contributed by atoms with E-state index < -0.39 is 0 Å². The van der Waals surface area contributed by atoms with E-state index in [9.17, 15) is 14.7 Å². The minimum Gasteiger partial charge on any atom is -0.508 e. The first-order chi connectivity index (χ1) is 12.9. The molecule has 2 aliphatic rings. The molecule has 2 aliphatic heterocycles. The van der Waals surface area contributed by atoms with Crippen molar-refractivity contribution in [1.82, 2.24) is 9.80 Å². The molecule has 0 unspecified atom stereocenters. The van der Waals surface area contributed by atoms with Crippen molar-refractivity contribution in [3.8, 4) is 11.5 Å². The molecule has 0 saturated carbocycles. The number of methoxy groups -OCH3 is 1. The normalized spacial score (nSPS) is 15.5. The number of amides is 2. The Morgan fingerprint density at radius 2 is 1.37 bits per heavy atom. The van der Waals surface area contributed by atoms with Gasteiger partial charge < -0.3 is 19.6 Å². The molecule has 6 heteroatoms. The minimum atomic E-state index is -0.00264. The highest BCUT2D eigenvalue weighted by Gasteiger charge is 2.24. The fourth-order valence-corrected chi connectivity index (χ4v) is 3.43. The van der Waals surface area contributed by atoms with E-state index in [2.05, 4.69) is 0 Å². The maximum atomic E-state index is 11.8. The van der Waals surface area contributed by atoms with Crippen LogP contribution in [0.3, 0.4) is 0 Å². The van der Waals surface area contributed by atoms with Gasteiger partial charge >= 0.3 is 0 Å². The van der Waals surface area contributed by atoms with Gasteiger partial charge in [-0.15, -0.1) is 0 Å². The van der Waals surface area contributed by atoms with Gasteiger partial charge in [-0.25, -0.2) is 0 Å². The van der Waals surface area contributed by atoms with Crippen molar-refractivity contribution in [2.24, 2.45) is 0 Å². The molecule has 6 nitrogen and oxygen atoms in total. The van der Waals surface area contributed by atoms with Gasteiger partial charge in [-0.1, -0.05) is 12.1 Å². The first-order valence-electron chi connectivity index (χ1n) is 8.91. The quantitative estimate of drug-likeness (QED) is 0.839. The molecular weight excluding hydrogens is 344 g/mol. The third-order valence-electron chi connectivity index (χ3n) is 5.05. The van der Waals surface area contributed by atoms with Crippen LogP contribution in [0.5, 0.6) is 11.5 Å². The summed E-state index contributed by atoms with van der Waals surface area (Å²) in [6, 6.07) is 10.7. The first kappa shape index (κ1) is 18.8. The lowest BCUT2D eigenvalue weighted by Crippen LogP contribution is -2.34. The molecule has 0 fully saturated rings. The number of fused-ring (bicyclic) bond motifs is 2. The molecule has 0 spiro atoms. The van der Waals surface area contributed by atoms with Crippen LogP contribution in [0.1, 0.15) is 31.8 Å². The lowest BCUT2D eigenvalue weighted by Gasteiger charge is -2.25. The summed E-state index contributed by atoms with van der Waals surface area (Å²) >= 11 is 0. The second-order valence-electron chi connectivity index (χ2n) is 6.74. The van der Waals surface area contributed by atoms with E-state index in [-0.39, 0.29) is 17.6 Å². The third-order valence-corrected chi connectivity index (χ3v) is 5.05. The van der Waals surface area contributed by atoms with Crippen molar-refractivity contribution in [3.63, 3.8) is 0 Å². The average Bonchev–Trinajstić information content (AvgIpc) is 2.68. The smallest absolute Gasteiger partial charge is 0.254 e. The second-order valence-corrected chi connectivity index (χ2v) is 6.74. The molecule has 2 heterocycles. The largest absolute Gasteiger partial charge is 0.508 e. The van der Waals surface area contributed by atoms with Gasteiger partial charge in [-0.2, -0.15) is 0 Å². The Bertz CT molecular complexity index is 878. The monoisotopic (exact) mass is 368 g/mol. The molecule has 0 aliphatic carbocycles. The maximum Gasteiger partial charge on any atom is 0.254 e. The molecule has 4 rings (SSSR count). The Morgan fingerprint density at radius 1 is 0.852 bits per heavy atom. The van der Waals surface area contributed by atoms with Crippen LogP contribution in [0.2, 0.25) is 0 Å². The van der Waals surface area contributed by atoms with Gasteiger partial charge in [-0.05, 0) is 37.1 Å². The van der Waals surface area contributed by atoms with E-state index in [4.69, 9.17) is 4.74 Å². The molecule has 142 valence electrons. The fraction of sp³-hybridized carbons (Fsp3) is 0.333. The number of rotatable bonds is 1. The highest BCUT2D eigenvalue weighted by Crippen LogP contribution is 2.27. The van der Waals surface area contributed by atoms with Crippen LogP contribution < -0.4 is 4.74 Å². The number of phenols is 1. The Balaban J connectivity index is 0.000000156. The average molecular weight is 368 g/mol. The standard InChI is InChI=1S/C11H13NO2.C10H11NO2/c1-12-7-6-8-9(11(12)13)4-3-5-10(8)14-2;1-11-6-5-7-8(10(11)13)3-2-4-9(7)12/h3-5H,6-7H2,1-2H3;2-4,12H,5-6H2,1H3. The Labute approximate surface area is 159 Å². The van der Waals surface area contributed by atoms with Gasteiger partial charge in [0.2, 0.25) is 0 Å². The number of benzene rings is 2. The molecule has 2 aromatic carbocycles. The van der Waals surface area contributed by atoms with Crippen molar-refractivity contribution in [3.05, 3.63) is 58.7 Å². The summed E-state index contributed by atoms with van der Waals surface area (Å²) in [5.41, 5.74) is 3.23. The number of carbonyl (C=O) groups is 2. The van der Waals surface area contributed by atoms with Crippen LogP contribution in [0.25, 0.3) is 0 Å². The summed E-state index contributed by atoms with van der Waals surface area (Å²) in [6.45, 7) is 1.45. The molecule has 2 aromatic rings. The molecule has 2 amide bonds. The molecule has 1 N–H and O–H groups in total.